The zero-order valence-corrected chi connectivity index (χ0v) is 15.8. The van der Waals surface area contributed by atoms with Crippen molar-refractivity contribution in [2.45, 2.75) is 57.9 Å². The minimum Gasteiger partial charge on any atom is -0.459 e. The molecule has 0 radical (unpaired) electrons. The number of hydrogen-bond donors (Lipinski definition) is 1. The lowest BCUT2D eigenvalue weighted by molar-refractivity contribution is 0.0879. The number of nitrogens with one attached hydrogen (secondary N) is 1. The molecule has 1 N–H and O–H groups in total. The molecule has 1 amide bonds. The second kappa shape index (κ2) is 9.35. The van der Waals surface area contributed by atoms with E-state index in [-0.39, 0.29) is 17.6 Å². The minimum absolute atomic E-state index is 0.00296. The van der Waals surface area contributed by atoms with Gasteiger partial charge in [-0.1, -0.05) is 19.3 Å². The van der Waals surface area contributed by atoms with Crippen LogP contribution in [0.25, 0.3) is 0 Å². The lowest BCUT2D eigenvalue weighted by Crippen LogP contribution is -2.30. The number of pyridine rings is 1. The highest BCUT2D eigenvalue weighted by Gasteiger charge is 2.13. The summed E-state index contributed by atoms with van der Waals surface area (Å²) in [6.45, 7) is 2.44. The Morgan fingerprint density at radius 3 is 2.81 bits per heavy atom. The van der Waals surface area contributed by atoms with Gasteiger partial charge in [-0.3, -0.25) is 19.1 Å². The standard InChI is InChI=1S/C21H27N3O3/c1-16-11-13-24(19(15-16)23-17-7-3-2-4-8-17)20(25)10-5-12-22-21(26)18-9-6-14-27-18/h6,9,11,13-15,17H,2-5,7-8,10,12H2,1H3,(H,22,26). The first kappa shape index (κ1) is 19.1. The fourth-order valence-corrected chi connectivity index (χ4v) is 3.35. The molecule has 1 fully saturated rings. The molecule has 6 heteroatoms. The highest BCUT2D eigenvalue weighted by Crippen LogP contribution is 2.19. The Balaban J connectivity index is 1.59. The van der Waals surface area contributed by atoms with Gasteiger partial charge in [-0.25, -0.2) is 0 Å². The van der Waals surface area contributed by atoms with Gasteiger partial charge in [0.25, 0.3) is 5.91 Å². The van der Waals surface area contributed by atoms with Gasteiger partial charge >= 0.3 is 0 Å². The van der Waals surface area contributed by atoms with E-state index in [0.717, 1.165) is 23.9 Å². The number of amides is 1. The van der Waals surface area contributed by atoms with Gasteiger partial charge in [0.1, 0.15) is 5.49 Å². The molecular weight excluding hydrogens is 342 g/mol. The van der Waals surface area contributed by atoms with Gasteiger partial charge in [-0.15, -0.1) is 0 Å². The van der Waals surface area contributed by atoms with Crippen LogP contribution in [0, 0.1) is 6.92 Å². The molecule has 1 aliphatic carbocycles. The van der Waals surface area contributed by atoms with Crippen molar-refractivity contribution >= 4 is 11.8 Å². The van der Waals surface area contributed by atoms with E-state index in [9.17, 15) is 9.59 Å². The fraction of sp³-hybridized carbons (Fsp3) is 0.476. The molecular formula is C21H27N3O3. The van der Waals surface area contributed by atoms with Crippen molar-refractivity contribution in [1.82, 2.24) is 9.88 Å². The number of aryl methyl sites for hydroxylation is 1. The van der Waals surface area contributed by atoms with Crippen LogP contribution in [0.15, 0.2) is 46.1 Å². The lowest BCUT2D eigenvalue weighted by atomic mass is 9.96. The third kappa shape index (κ3) is 5.42. The maximum Gasteiger partial charge on any atom is 0.286 e. The van der Waals surface area contributed by atoms with Crippen molar-refractivity contribution in [1.29, 1.82) is 0 Å². The zero-order chi connectivity index (χ0) is 19.1. The van der Waals surface area contributed by atoms with E-state index in [4.69, 9.17) is 9.41 Å². The number of carbonyl (C=O) groups is 2. The molecule has 1 aliphatic rings. The quantitative estimate of drug-likeness (QED) is 0.792. The molecule has 0 spiro atoms. The summed E-state index contributed by atoms with van der Waals surface area (Å²) in [5, 5.41) is 2.76. The average molecular weight is 369 g/mol. The van der Waals surface area contributed by atoms with E-state index in [1.54, 1.807) is 22.9 Å². The molecule has 0 aliphatic heterocycles. The van der Waals surface area contributed by atoms with Crippen molar-refractivity contribution in [3.63, 3.8) is 0 Å². The topological polar surface area (TPSA) is 76.6 Å². The summed E-state index contributed by atoms with van der Waals surface area (Å²) in [5.41, 5.74) is 1.84. The molecule has 3 rings (SSSR count). The van der Waals surface area contributed by atoms with Crippen LogP contribution in [0.5, 0.6) is 0 Å². The lowest BCUT2D eigenvalue weighted by Gasteiger charge is -2.18. The summed E-state index contributed by atoms with van der Waals surface area (Å²) < 4.78 is 6.70. The van der Waals surface area contributed by atoms with Gasteiger partial charge in [0, 0.05) is 19.2 Å². The van der Waals surface area contributed by atoms with Crippen molar-refractivity contribution in [2.75, 3.05) is 6.54 Å². The monoisotopic (exact) mass is 369 g/mol. The van der Waals surface area contributed by atoms with E-state index >= 15 is 0 Å². The summed E-state index contributed by atoms with van der Waals surface area (Å²) in [4.78, 5) is 29.3. The Bertz CT molecular complexity index is 831. The molecule has 0 saturated heterocycles. The molecule has 2 heterocycles. The first-order valence-corrected chi connectivity index (χ1v) is 9.71. The average Bonchev–Trinajstić information content (AvgIpc) is 3.21. The van der Waals surface area contributed by atoms with Gasteiger partial charge < -0.3 is 9.73 Å². The van der Waals surface area contributed by atoms with Crippen LogP contribution in [-0.4, -0.2) is 29.0 Å². The fourth-order valence-electron chi connectivity index (χ4n) is 3.35. The number of carbonyl (C=O) groups excluding carboxylic acids is 2. The molecule has 0 aromatic carbocycles. The molecule has 1 saturated carbocycles. The van der Waals surface area contributed by atoms with Crippen LogP contribution in [0.1, 0.15) is 65.9 Å². The van der Waals surface area contributed by atoms with E-state index in [2.05, 4.69) is 5.32 Å². The maximum atomic E-state index is 12.7. The van der Waals surface area contributed by atoms with Crippen molar-refractivity contribution < 1.29 is 14.0 Å². The third-order valence-electron chi connectivity index (χ3n) is 4.85. The first-order valence-electron chi connectivity index (χ1n) is 9.71. The molecule has 2 aromatic rings. The smallest absolute Gasteiger partial charge is 0.286 e. The highest BCUT2D eigenvalue weighted by atomic mass is 16.3. The number of hydrogen-bond acceptors (Lipinski definition) is 4. The summed E-state index contributed by atoms with van der Waals surface area (Å²) in [6.07, 6.45) is 10.1. The Hall–Kier alpha value is -2.63. The van der Waals surface area contributed by atoms with E-state index in [0.29, 0.717) is 25.4 Å². The summed E-state index contributed by atoms with van der Waals surface area (Å²) in [5.74, 6) is 0.0167. The molecule has 2 aromatic heterocycles. The molecule has 6 nitrogen and oxygen atoms in total. The maximum absolute atomic E-state index is 12.7. The Morgan fingerprint density at radius 2 is 2.07 bits per heavy atom. The largest absolute Gasteiger partial charge is 0.459 e. The van der Waals surface area contributed by atoms with Crippen LogP contribution < -0.4 is 10.8 Å². The summed E-state index contributed by atoms with van der Waals surface area (Å²) in [6, 6.07) is 7.50. The van der Waals surface area contributed by atoms with Gasteiger partial charge in [0.05, 0.1) is 12.3 Å². The summed E-state index contributed by atoms with van der Waals surface area (Å²) >= 11 is 0. The van der Waals surface area contributed by atoms with Gasteiger partial charge in [-0.05, 0) is 56.0 Å². The van der Waals surface area contributed by atoms with Crippen LogP contribution >= 0.6 is 0 Å². The Labute approximate surface area is 159 Å². The van der Waals surface area contributed by atoms with Crippen LogP contribution in [0.4, 0.5) is 0 Å². The van der Waals surface area contributed by atoms with Crippen LogP contribution in [0.3, 0.4) is 0 Å². The van der Waals surface area contributed by atoms with Crippen molar-refractivity contribution in [3.8, 4) is 0 Å². The first-order chi connectivity index (χ1) is 13.1. The van der Waals surface area contributed by atoms with Crippen molar-refractivity contribution in [2.24, 2.45) is 4.99 Å². The van der Waals surface area contributed by atoms with Crippen molar-refractivity contribution in [3.05, 3.63) is 53.5 Å². The third-order valence-corrected chi connectivity index (χ3v) is 4.85. The predicted molar refractivity (Wildman–Crippen MR) is 103 cm³/mol. The highest BCUT2D eigenvalue weighted by molar-refractivity contribution is 5.91. The van der Waals surface area contributed by atoms with Gasteiger partial charge in [0.15, 0.2) is 5.76 Å². The molecule has 27 heavy (non-hydrogen) atoms. The van der Waals surface area contributed by atoms with Gasteiger partial charge in [0.2, 0.25) is 5.91 Å². The Morgan fingerprint density at radius 1 is 1.26 bits per heavy atom. The molecule has 0 unspecified atom stereocenters. The second-order valence-electron chi connectivity index (χ2n) is 7.08. The number of rotatable bonds is 6. The zero-order valence-electron chi connectivity index (χ0n) is 15.8. The number of nitrogens with zero attached hydrogens (tertiary/aromatic N) is 2. The number of aromatic nitrogens is 1. The molecule has 144 valence electrons. The van der Waals surface area contributed by atoms with Crippen LogP contribution in [0.2, 0.25) is 0 Å². The predicted octanol–water partition coefficient (Wildman–Crippen LogP) is 3.47. The van der Waals surface area contributed by atoms with Gasteiger partial charge in [-0.2, -0.15) is 0 Å². The van der Waals surface area contributed by atoms with Crippen LogP contribution in [-0.2, 0) is 0 Å². The summed E-state index contributed by atoms with van der Waals surface area (Å²) in [7, 11) is 0. The Kier molecular flexibility index (Phi) is 6.63. The van der Waals surface area contributed by atoms with E-state index < -0.39 is 0 Å². The number of furan rings is 1. The normalized spacial score (nSPS) is 15.7. The molecule has 0 atom stereocenters. The van der Waals surface area contributed by atoms with E-state index in [1.165, 1.54) is 25.5 Å². The molecule has 0 bridgehead atoms. The SMILES string of the molecule is Cc1ccn(C(=O)CCCNC(=O)c2ccco2)c(=NC2CCCCC2)c1. The second-order valence-corrected chi connectivity index (χ2v) is 7.08. The van der Waals surface area contributed by atoms with E-state index in [1.807, 2.05) is 19.1 Å². The minimum atomic E-state index is -0.261.